The van der Waals surface area contributed by atoms with E-state index in [1.165, 1.54) is 12.1 Å². The number of hydrogen-bond donors (Lipinski definition) is 1. The Morgan fingerprint density at radius 3 is 2.56 bits per heavy atom. The second-order valence-corrected chi connectivity index (χ2v) is 10.8. The molecule has 2 atom stereocenters. The standard InChI is InChI=1S/C27H31Cl2FN4O2/c1-32-25(21-5-4-18(30)16-22(21)26(32)35)20(17-3-6-23(28)24(29)15-17)9-14-33-12-7-19(8-13-33)34-11-2-10-31-27(34)36/h3-6,15-16,19-20,25H,2,7-14H2,1H3,(H,31,36). The van der Waals surface area contributed by atoms with Gasteiger partial charge in [0.2, 0.25) is 0 Å². The summed E-state index contributed by atoms with van der Waals surface area (Å²) in [6, 6.07) is 10.3. The molecule has 2 unspecified atom stereocenters. The smallest absolute Gasteiger partial charge is 0.317 e. The molecule has 3 aliphatic heterocycles. The van der Waals surface area contributed by atoms with Crippen LogP contribution in [0.3, 0.4) is 0 Å². The Kier molecular flexibility index (Phi) is 7.42. The van der Waals surface area contributed by atoms with Crippen molar-refractivity contribution in [3.63, 3.8) is 0 Å². The number of amides is 3. The van der Waals surface area contributed by atoms with Gasteiger partial charge in [0, 0.05) is 50.7 Å². The summed E-state index contributed by atoms with van der Waals surface area (Å²) in [5.74, 6) is -0.612. The van der Waals surface area contributed by atoms with Gasteiger partial charge in [0.25, 0.3) is 5.91 Å². The molecule has 0 saturated carbocycles. The van der Waals surface area contributed by atoms with Crippen molar-refractivity contribution in [1.82, 2.24) is 20.0 Å². The van der Waals surface area contributed by atoms with Crippen molar-refractivity contribution >= 4 is 35.1 Å². The molecule has 2 fully saturated rings. The minimum absolute atomic E-state index is 0.0361. The molecule has 3 heterocycles. The minimum Gasteiger partial charge on any atom is -0.338 e. The molecule has 6 nitrogen and oxygen atoms in total. The molecule has 1 N–H and O–H groups in total. The van der Waals surface area contributed by atoms with E-state index in [-0.39, 0.29) is 29.9 Å². The first-order valence-corrected chi connectivity index (χ1v) is 13.4. The normalized spacial score (nSPS) is 22.1. The number of nitrogens with zero attached hydrogens (tertiary/aromatic N) is 3. The number of piperidine rings is 1. The molecular formula is C27H31Cl2FN4O2. The molecule has 0 spiro atoms. The second kappa shape index (κ2) is 10.6. The average molecular weight is 533 g/mol. The minimum atomic E-state index is -0.410. The zero-order chi connectivity index (χ0) is 25.4. The van der Waals surface area contributed by atoms with Crippen molar-refractivity contribution in [1.29, 1.82) is 0 Å². The van der Waals surface area contributed by atoms with E-state index in [9.17, 15) is 14.0 Å². The molecule has 2 saturated heterocycles. The number of rotatable bonds is 6. The highest BCUT2D eigenvalue weighted by atomic mass is 35.5. The summed E-state index contributed by atoms with van der Waals surface area (Å²) >= 11 is 12.6. The Bertz CT molecular complexity index is 1150. The van der Waals surface area contributed by atoms with E-state index in [1.54, 1.807) is 24.1 Å². The molecule has 3 amide bonds. The lowest BCUT2D eigenvalue weighted by molar-refractivity contribution is 0.0740. The fourth-order valence-electron chi connectivity index (χ4n) is 6.01. The number of halogens is 3. The van der Waals surface area contributed by atoms with Crippen LogP contribution in [0.5, 0.6) is 0 Å². The number of fused-ring (bicyclic) bond motifs is 1. The van der Waals surface area contributed by atoms with Crippen LogP contribution < -0.4 is 5.32 Å². The number of likely N-dealkylation sites (N-methyl/N-ethyl adjacent to an activating group) is 1. The van der Waals surface area contributed by atoms with Crippen LogP contribution in [-0.2, 0) is 0 Å². The Labute approximate surface area is 221 Å². The van der Waals surface area contributed by atoms with E-state index in [0.29, 0.717) is 15.6 Å². The zero-order valence-corrected chi connectivity index (χ0v) is 21.9. The third-order valence-electron chi connectivity index (χ3n) is 7.92. The number of benzene rings is 2. The van der Waals surface area contributed by atoms with Crippen LogP contribution in [0.25, 0.3) is 0 Å². The fourth-order valence-corrected chi connectivity index (χ4v) is 6.31. The van der Waals surface area contributed by atoms with Crippen molar-refractivity contribution in [2.45, 2.75) is 43.7 Å². The van der Waals surface area contributed by atoms with Crippen molar-refractivity contribution in [3.8, 4) is 0 Å². The number of carbonyl (C=O) groups excluding carboxylic acids is 2. The maximum atomic E-state index is 14.0. The Hall–Kier alpha value is -2.35. The third-order valence-corrected chi connectivity index (χ3v) is 8.66. The van der Waals surface area contributed by atoms with Gasteiger partial charge in [0.05, 0.1) is 16.1 Å². The quantitative estimate of drug-likeness (QED) is 0.548. The predicted octanol–water partition coefficient (Wildman–Crippen LogP) is 5.31. The highest BCUT2D eigenvalue weighted by molar-refractivity contribution is 6.42. The molecule has 2 aromatic rings. The van der Waals surface area contributed by atoms with Gasteiger partial charge in [-0.3, -0.25) is 4.79 Å². The summed E-state index contributed by atoms with van der Waals surface area (Å²) in [4.78, 5) is 31.4. The van der Waals surface area contributed by atoms with Gasteiger partial charge in [-0.2, -0.15) is 0 Å². The molecule has 0 radical (unpaired) electrons. The SMILES string of the molecule is CN1C(=O)c2cc(F)ccc2C1C(CCN1CCC(N2CCCNC2=O)CC1)c1ccc(Cl)c(Cl)c1. The summed E-state index contributed by atoms with van der Waals surface area (Å²) in [5, 5.41) is 3.92. The molecule has 0 aliphatic carbocycles. The van der Waals surface area contributed by atoms with Crippen molar-refractivity contribution in [2.75, 3.05) is 39.8 Å². The van der Waals surface area contributed by atoms with Crippen LogP contribution in [0.4, 0.5) is 9.18 Å². The number of carbonyl (C=O) groups is 2. The van der Waals surface area contributed by atoms with Gasteiger partial charge in [-0.15, -0.1) is 0 Å². The molecule has 36 heavy (non-hydrogen) atoms. The number of nitrogens with one attached hydrogen (secondary N) is 1. The van der Waals surface area contributed by atoms with Gasteiger partial charge in [0.15, 0.2) is 0 Å². The van der Waals surface area contributed by atoms with Crippen LogP contribution in [-0.4, -0.2) is 72.5 Å². The summed E-state index contributed by atoms with van der Waals surface area (Å²) in [6.07, 6.45) is 3.70. The molecule has 5 rings (SSSR count). The van der Waals surface area contributed by atoms with E-state index in [4.69, 9.17) is 23.2 Å². The van der Waals surface area contributed by atoms with Crippen LogP contribution in [0.1, 0.15) is 59.1 Å². The molecular weight excluding hydrogens is 502 g/mol. The van der Waals surface area contributed by atoms with Crippen molar-refractivity contribution in [3.05, 3.63) is 69.0 Å². The van der Waals surface area contributed by atoms with Crippen LogP contribution in [0.2, 0.25) is 10.0 Å². The van der Waals surface area contributed by atoms with Gasteiger partial charge in [-0.25, -0.2) is 9.18 Å². The van der Waals surface area contributed by atoms with E-state index in [0.717, 1.165) is 69.5 Å². The maximum absolute atomic E-state index is 14.0. The number of likely N-dealkylation sites (tertiary alicyclic amines) is 1. The van der Waals surface area contributed by atoms with E-state index >= 15 is 0 Å². The Morgan fingerprint density at radius 2 is 1.83 bits per heavy atom. The summed E-state index contributed by atoms with van der Waals surface area (Å²) in [7, 11) is 1.78. The summed E-state index contributed by atoms with van der Waals surface area (Å²) in [6.45, 7) is 4.28. The van der Waals surface area contributed by atoms with Gasteiger partial charge < -0.3 is 20.0 Å². The second-order valence-electron chi connectivity index (χ2n) is 10.0. The van der Waals surface area contributed by atoms with E-state index in [2.05, 4.69) is 10.2 Å². The highest BCUT2D eigenvalue weighted by Gasteiger charge is 2.40. The number of hydrogen-bond acceptors (Lipinski definition) is 3. The summed E-state index contributed by atoms with van der Waals surface area (Å²) in [5.41, 5.74) is 2.27. The number of urea groups is 1. The first kappa shape index (κ1) is 25.3. The lowest BCUT2D eigenvalue weighted by atomic mass is 9.84. The first-order chi connectivity index (χ1) is 17.3. The Balaban J connectivity index is 1.33. The van der Waals surface area contributed by atoms with E-state index in [1.807, 2.05) is 17.0 Å². The molecule has 0 bridgehead atoms. The largest absolute Gasteiger partial charge is 0.338 e. The van der Waals surface area contributed by atoms with Crippen molar-refractivity contribution < 1.29 is 14.0 Å². The van der Waals surface area contributed by atoms with Crippen LogP contribution in [0, 0.1) is 5.82 Å². The van der Waals surface area contributed by atoms with Gasteiger partial charge in [-0.05, 0) is 67.6 Å². The van der Waals surface area contributed by atoms with Gasteiger partial charge in [-0.1, -0.05) is 35.3 Å². The third kappa shape index (κ3) is 4.93. The highest BCUT2D eigenvalue weighted by Crippen LogP contribution is 2.45. The predicted molar refractivity (Wildman–Crippen MR) is 139 cm³/mol. The summed E-state index contributed by atoms with van der Waals surface area (Å²) < 4.78 is 14.0. The molecule has 192 valence electrons. The van der Waals surface area contributed by atoms with Crippen LogP contribution in [0.15, 0.2) is 36.4 Å². The average Bonchev–Trinajstić information content (AvgIpc) is 3.12. The maximum Gasteiger partial charge on any atom is 0.317 e. The molecule has 3 aliphatic rings. The lowest BCUT2D eigenvalue weighted by Crippen LogP contribution is -2.54. The fraction of sp³-hybridized carbons (Fsp3) is 0.481. The van der Waals surface area contributed by atoms with Crippen LogP contribution >= 0.6 is 23.2 Å². The van der Waals surface area contributed by atoms with Crippen molar-refractivity contribution in [2.24, 2.45) is 0 Å². The van der Waals surface area contributed by atoms with E-state index < -0.39 is 5.82 Å². The molecule has 9 heteroatoms. The topological polar surface area (TPSA) is 55.9 Å². The lowest BCUT2D eigenvalue weighted by Gasteiger charge is -2.40. The monoisotopic (exact) mass is 532 g/mol. The molecule has 2 aromatic carbocycles. The Morgan fingerprint density at radius 1 is 1.06 bits per heavy atom. The van der Waals surface area contributed by atoms with Gasteiger partial charge in [0.1, 0.15) is 5.82 Å². The zero-order valence-electron chi connectivity index (χ0n) is 20.4. The van der Waals surface area contributed by atoms with Gasteiger partial charge >= 0.3 is 6.03 Å². The molecule has 0 aromatic heterocycles. The first-order valence-electron chi connectivity index (χ1n) is 12.6.